The number of nitrogens with zero attached hydrogens (tertiary/aromatic N) is 2. The van der Waals surface area contributed by atoms with E-state index >= 15 is 0 Å². The highest BCUT2D eigenvalue weighted by Crippen LogP contribution is 2.31. The summed E-state index contributed by atoms with van der Waals surface area (Å²) < 4.78 is 77.5. The molecule has 0 radical (unpaired) electrons. The van der Waals surface area contributed by atoms with Crippen molar-refractivity contribution < 1.29 is 35.9 Å². The van der Waals surface area contributed by atoms with E-state index in [1.807, 2.05) is 0 Å². The summed E-state index contributed by atoms with van der Waals surface area (Å²) in [6, 6.07) is 2.83. The van der Waals surface area contributed by atoms with Gasteiger partial charge in [0.1, 0.15) is 0 Å². The van der Waals surface area contributed by atoms with Crippen LogP contribution in [0.4, 0.5) is 37.7 Å². The van der Waals surface area contributed by atoms with Crippen LogP contribution in [-0.4, -0.2) is 36.3 Å². The first-order valence-electron chi connectivity index (χ1n) is 8.66. The van der Waals surface area contributed by atoms with Gasteiger partial charge < -0.3 is 9.80 Å². The quantitative estimate of drug-likeness (QED) is 0.612. The molecule has 0 saturated heterocycles. The van der Waals surface area contributed by atoms with Crippen LogP contribution in [0.5, 0.6) is 0 Å². The van der Waals surface area contributed by atoms with Gasteiger partial charge in [0, 0.05) is 23.5 Å². The number of rotatable bonds is 6. The molecule has 0 saturated carbocycles. The molecule has 0 aromatic heterocycles. The molecule has 0 spiro atoms. The van der Waals surface area contributed by atoms with Gasteiger partial charge in [0.05, 0.1) is 0 Å². The van der Waals surface area contributed by atoms with Crippen LogP contribution >= 0.6 is 0 Å². The Morgan fingerprint density at radius 2 is 1.00 bits per heavy atom. The van der Waals surface area contributed by atoms with Crippen molar-refractivity contribution in [2.75, 3.05) is 9.80 Å². The SMILES string of the molecule is CC[C@H](C)N(C(=O)C(F)(F)F)c1ccc(N(C(=O)C(F)(F)F)[C@@H](C)CC)cc1. The molecule has 158 valence electrons. The number of alkyl halides is 6. The standard InChI is InChI=1S/C18H22F6N2O2/c1-5-11(3)25(15(27)17(19,20)21)13-7-9-14(10-8-13)26(12(4)6-2)16(28)18(22,23)24/h7-12H,5-6H2,1-4H3/t11-,12-/m0/s1. The first kappa shape index (κ1) is 23.8. The Balaban J connectivity index is 3.35. The second-order valence-electron chi connectivity index (χ2n) is 6.38. The maximum absolute atomic E-state index is 12.9. The number of carbonyl (C=O) groups is 2. The highest BCUT2D eigenvalue weighted by atomic mass is 19.4. The Bertz CT molecular complexity index is 626. The zero-order valence-electron chi connectivity index (χ0n) is 15.9. The molecule has 28 heavy (non-hydrogen) atoms. The molecule has 1 rings (SSSR count). The third-order valence-electron chi connectivity index (χ3n) is 4.39. The fraction of sp³-hybridized carbons (Fsp3) is 0.556. The van der Waals surface area contributed by atoms with Crippen LogP contribution in [0.3, 0.4) is 0 Å². The summed E-state index contributed by atoms with van der Waals surface area (Å²) in [5.74, 6) is -4.14. The van der Waals surface area contributed by atoms with Gasteiger partial charge in [-0.3, -0.25) is 9.59 Å². The molecular weight excluding hydrogens is 390 g/mol. The number of carbonyl (C=O) groups excluding carboxylic acids is 2. The predicted octanol–water partition coefficient (Wildman–Crippen LogP) is 5.07. The highest BCUT2D eigenvalue weighted by Gasteiger charge is 2.45. The molecule has 4 nitrogen and oxygen atoms in total. The number of amides is 2. The van der Waals surface area contributed by atoms with Gasteiger partial charge in [0.15, 0.2) is 0 Å². The second kappa shape index (κ2) is 8.83. The van der Waals surface area contributed by atoms with E-state index in [0.29, 0.717) is 9.80 Å². The lowest BCUT2D eigenvalue weighted by Crippen LogP contribution is -2.47. The fourth-order valence-electron chi connectivity index (χ4n) is 2.56. The lowest BCUT2D eigenvalue weighted by atomic mass is 10.1. The van der Waals surface area contributed by atoms with E-state index in [2.05, 4.69) is 0 Å². The van der Waals surface area contributed by atoms with Crippen molar-refractivity contribution in [1.29, 1.82) is 0 Å². The molecule has 2 amide bonds. The van der Waals surface area contributed by atoms with Crippen LogP contribution in [0.25, 0.3) is 0 Å². The van der Waals surface area contributed by atoms with E-state index in [-0.39, 0.29) is 24.2 Å². The Morgan fingerprint density at radius 3 is 1.18 bits per heavy atom. The van der Waals surface area contributed by atoms with E-state index in [4.69, 9.17) is 0 Å². The van der Waals surface area contributed by atoms with Gasteiger partial charge in [0.2, 0.25) is 0 Å². The van der Waals surface area contributed by atoms with Gasteiger partial charge in [-0.15, -0.1) is 0 Å². The van der Waals surface area contributed by atoms with Gasteiger partial charge in [-0.05, 0) is 51.0 Å². The van der Waals surface area contributed by atoms with Crippen molar-refractivity contribution in [2.45, 2.75) is 65.0 Å². The first-order chi connectivity index (χ1) is 12.8. The highest BCUT2D eigenvalue weighted by molar-refractivity contribution is 5.99. The van der Waals surface area contributed by atoms with Crippen LogP contribution in [0.1, 0.15) is 40.5 Å². The molecule has 1 aromatic rings. The van der Waals surface area contributed by atoms with E-state index in [1.165, 1.54) is 13.8 Å². The fourth-order valence-corrected chi connectivity index (χ4v) is 2.56. The topological polar surface area (TPSA) is 40.6 Å². The zero-order chi connectivity index (χ0) is 21.9. The predicted molar refractivity (Wildman–Crippen MR) is 93.0 cm³/mol. The van der Waals surface area contributed by atoms with E-state index < -0.39 is 36.3 Å². The molecule has 0 N–H and O–H groups in total. The summed E-state index contributed by atoms with van der Waals surface area (Å²) >= 11 is 0. The normalized spacial score (nSPS) is 14.4. The lowest BCUT2D eigenvalue weighted by molar-refractivity contribution is -0.171. The zero-order valence-corrected chi connectivity index (χ0v) is 15.9. The van der Waals surface area contributed by atoms with Gasteiger partial charge in [-0.1, -0.05) is 13.8 Å². The molecule has 0 unspecified atom stereocenters. The summed E-state index contributed by atoms with van der Waals surface area (Å²) in [6.45, 7) is 6.05. The average Bonchev–Trinajstić information content (AvgIpc) is 2.61. The van der Waals surface area contributed by atoms with Crippen LogP contribution in [0.15, 0.2) is 24.3 Å². The molecule has 2 atom stereocenters. The Hall–Kier alpha value is -2.26. The molecule has 0 heterocycles. The molecule has 0 aliphatic rings. The minimum atomic E-state index is -5.10. The van der Waals surface area contributed by atoms with Gasteiger partial charge in [0.25, 0.3) is 0 Å². The summed E-state index contributed by atoms with van der Waals surface area (Å²) in [5, 5.41) is 0. The van der Waals surface area contributed by atoms with E-state index in [9.17, 15) is 35.9 Å². The second-order valence-corrected chi connectivity index (χ2v) is 6.38. The maximum Gasteiger partial charge on any atom is 0.471 e. The average molecular weight is 412 g/mol. The Morgan fingerprint density at radius 1 is 0.750 bits per heavy atom. The molecule has 0 aliphatic carbocycles. The molecule has 1 aromatic carbocycles. The maximum atomic E-state index is 12.9. The third kappa shape index (κ3) is 5.39. The summed E-state index contributed by atoms with van der Waals surface area (Å²) in [7, 11) is 0. The number of anilines is 2. The Kier molecular flexibility index (Phi) is 7.50. The molecule has 0 aliphatic heterocycles. The third-order valence-corrected chi connectivity index (χ3v) is 4.39. The van der Waals surface area contributed by atoms with Crippen LogP contribution in [0, 0.1) is 0 Å². The van der Waals surface area contributed by atoms with Crippen molar-refractivity contribution in [1.82, 2.24) is 0 Å². The molecular formula is C18H22F6N2O2. The summed E-state index contributed by atoms with van der Waals surface area (Å²) in [5.41, 5.74) is -0.243. The van der Waals surface area contributed by atoms with Gasteiger partial charge in [-0.25, -0.2) is 0 Å². The summed E-state index contributed by atoms with van der Waals surface area (Å²) in [4.78, 5) is 24.6. The van der Waals surface area contributed by atoms with Crippen molar-refractivity contribution in [2.24, 2.45) is 0 Å². The molecule has 0 fully saturated rings. The Labute approximate surface area is 159 Å². The largest absolute Gasteiger partial charge is 0.471 e. The van der Waals surface area contributed by atoms with Crippen molar-refractivity contribution in [3.63, 3.8) is 0 Å². The molecule has 0 bridgehead atoms. The monoisotopic (exact) mass is 412 g/mol. The minimum absolute atomic E-state index is 0.121. The number of hydrogen-bond acceptors (Lipinski definition) is 2. The first-order valence-corrected chi connectivity index (χ1v) is 8.66. The summed E-state index contributed by atoms with van der Waals surface area (Å²) in [6.07, 6.45) is -9.74. The lowest BCUT2D eigenvalue weighted by Gasteiger charge is -2.31. The minimum Gasteiger partial charge on any atom is -0.302 e. The van der Waals surface area contributed by atoms with E-state index in [0.717, 1.165) is 24.3 Å². The van der Waals surface area contributed by atoms with Crippen LogP contribution < -0.4 is 9.80 Å². The van der Waals surface area contributed by atoms with Crippen LogP contribution in [0.2, 0.25) is 0 Å². The molecule has 10 heteroatoms. The van der Waals surface area contributed by atoms with E-state index in [1.54, 1.807) is 13.8 Å². The number of benzene rings is 1. The van der Waals surface area contributed by atoms with Crippen LogP contribution in [-0.2, 0) is 9.59 Å². The van der Waals surface area contributed by atoms with Crippen molar-refractivity contribution in [3.05, 3.63) is 24.3 Å². The van der Waals surface area contributed by atoms with Crippen molar-refractivity contribution >= 4 is 23.2 Å². The van der Waals surface area contributed by atoms with Gasteiger partial charge in [-0.2, -0.15) is 26.3 Å². The van der Waals surface area contributed by atoms with Crippen molar-refractivity contribution in [3.8, 4) is 0 Å². The smallest absolute Gasteiger partial charge is 0.302 e. The number of hydrogen-bond donors (Lipinski definition) is 0. The van der Waals surface area contributed by atoms with Gasteiger partial charge >= 0.3 is 24.2 Å². The number of halogens is 6.